The van der Waals surface area contributed by atoms with E-state index in [2.05, 4.69) is 4.98 Å². The van der Waals surface area contributed by atoms with Crippen molar-refractivity contribution in [3.05, 3.63) is 135 Å². The molecule has 4 atom stereocenters. The van der Waals surface area contributed by atoms with Gasteiger partial charge in [0, 0.05) is 18.3 Å². The molecule has 3 aliphatic rings. The van der Waals surface area contributed by atoms with E-state index in [9.17, 15) is 29.8 Å². The van der Waals surface area contributed by atoms with Gasteiger partial charge in [0.1, 0.15) is 18.1 Å². The van der Waals surface area contributed by atoms with E-state index < -0.39 is 47.7 Å². The van der Waals surface area contributed by atoms with E-state index in [0.29, 0.717) is 34.9 Å². The number of allylic oxidation sites excluding steroid dienone is 1. The third-order valence-electron chi connectivity index (χ3n) is 9.75. The summed E-state index contributed by atoms with van der Waals surface area (Å²) in [6, 6.07) is 25.1. The largest absolute Gasteiger partial charge is 0.508 e. The van der Waals surface area contributed by atoms with Crippen molar-refractivity contribution in [2.24, 2.45) is 17.8 Å². The van der Waals surface area contributed by atoms with E-state index in [0.717, 1.165) is 21.6 Å². The summed E-state index contributed by atoms with van der Waals surface area (Å²) < 4.78 is 12.4. The molecule has 3 aromatic carbocycles. The van der Waals surface area contributed by atoms with Crippen LogP contribution in [-0.2, 0) is 14.2 Å². The van der Waals surface area contributed by atoms with Crippen molar-refractivity contribution in [2.75, 3.05) is 11.5 Å². The molecule has 0 radical (unpaired) electrons. The molecular formula is C38H33BClN3O8. The molecule has 51 heavy (non-hydrogen) atoms. The number of hydrogen-bond donors (Lipinski definition) is 2. The number of nitrogens with zero attached hydrogens (tertiary/aromatic N) is 3. The Balaban J connectivity index is 1.25. The predicted octanol–water partition coefficient (Wildman–Crippen LogP) is 6.75. The molecule has 2 fully saturated rings. The van der Waals surface area contributed by atoms with Crippen molar-refractivity contribution < 1.29 is 34.0 Å². The molecule has 2 aliphatic heterocycles. The van der Waals surface area contributed by atoms with Crippen LogP contribution in [0.2, 0.25) is 11.3 Å². The predicted molar refractivity (Wildman–Crippen MR) is 192 cm³/mol. The molecule has 258 valence electrons. The number of halogens is 1. The van der Waals surface area contributed by atoms with Crippen molar-refractivity contribution in [2.45, 2.75) is 31.7 Å². The van der Waals surface area contributed by atoms with Crippen LogP contribution in [0.3, 0.4) is 0 Å². The van der Waals surface area contributed by atoms with Crippen LogP contribution >= 0.6 is 11.6 Å². The zero-order valence-corrected chi connectivity index (χ0v) is 28.1. The Bertz CT molecular complexity index is 2040. The van der Waals surface area contributed by atoms with Gasteiger partial charge in [-0.15, -0.1) is 0 Å². The number of pyridine rings is 1. The zero-order valence-electron chi connectivity index (χ0n) is 27.3. The second-order valence-electron chi connectivity index (χ2n) is 12.8. The second-order valence-corrected chi connectivity index (χ2v) is 13.2. The molecule has 2 saturated heterocycles. The molecule has 1 aromatic heterocycles. The minimum atomic E-state index is -1.21. The molecule has 11 nitrogen and oxygen atoms in total. The fourth-order valence-electron chi connectivity index (χ4n) is 7.52. The topological polar surface area (TPSA) is 152 Å². The fourth-order valence-corrected chi connectivity index (χ4v) is 7.75. The van der Waals surface area contributed by atoms with Crippen molar-refractivity contribution in [3.63, 3.8) is 0 Å². The molecule has 4 aromatic rings. The van der Waals surface area contributed by atoms with Crippen molar-refractivity contribution >= 4 is 53.6 Å². The lowest BCUT2D eigenvalue weighted by Crippen LogP contribution is -2.46. The number of aromatic nitrogens is 1. The van der Waals surface area contributed by atoms with E-state index >= 15 is 0 Å². The number of carbonyl (C=O) groups excluding carboxylic acids is 2. The normalized spacial score (nSPS) is 21.8. The van der Waals surface area contributed by atoms with Gasteiger partial charge in [-0.25, -0.2) is 4.90 Å². The van der Waals surface area contributed by atoms with E-state index in [1.165, 1.54) is 30.3 Å². The first-order valence-electron chi connectivity index (χ1n) is 16.6. The Hall–Kier alpha value is -5.30. The number of carbonyl (C=O) groups is 2. The molecular weight excluding hydrogens is 673 g/mol. The molecule has 2 amide bonds. The van der Waals surface area contributed by atoms with E-state index in [1.807, 2.05) is 54.6 Å². The van der Waals surface area contributed by atoms with Crippen molar-refractivity contribution in [1.82, 2.24) is 4.98 Å². The van der Waals surface area contributed by atoms with Gasteiger partial charge >= 0.3 is 7.12 Å². The van der Waals surface area contributed by atoms with Gasteiger partial charge in [-0.1, -0.05) is 41.9 Å². The van der Waals surface area contributed by atoms with Gasteiger partial charge in [0.15, 0.2) is 0 Å². The number of phenolic OH excluding ortho intramolecular Hbond substituents is 1. The maximum atomic E-state index is 14.2. The molecule has 2 N–H and O–H groups in total. The molecule has 13 heteroatoms. The Labute approximate surface area is 299 Å². The number of imide groups is 1. The van der Waals surface area contributed by atoms with Crippen LogP contribution in [-0.4, -0.2) is 51.7 Å². The van der Waals surface area contributed by atoms with Crippen LogP contribution in [0.5, 0.6) is 11.5 Å². The lowest BCUT2D eigenvalue weighted by Gasteiger charge is -2.43. The standard InChI is InChI=1S/C38H33BClN3O8/c40-32-20-28(44)14-12-23(32)17-24(33-11-4-5-16-41-33)13-15-34-35-25(22-50-29-9-2-1-3-10-29)18-30-36(31(35)21-39(47)51-34)38(46)42(37(30)45)26-7-6-8-27(19-26)43(48)49/h1-12,14,16-17,19-20,30-31,34,36,44,47H,13,15,18,21-22H2/b24-17-/t30-,31+,34-,36-/m1/s1. The molecule has 3 heterocycles. The molecule has 0 bridgehead atoms. The smallest absolute Gasteiger partial charge is 0.455 e. The number of anilines is 1. The summed E-state index contributed by atoms with van der Waals surface area (Å²) in [7, 11) is -1.21. The summed E-state index contributed by atoms with van der Waals surface area (Å²) in [6.07, 6.45) is 4.11. The average molecular weight is 706 g/mol. The van der Waals surface area contributed by atoms with E-state index in [1.54, 1.807) is 18.3 Å². The first kappa shape index (κ1) is 34.2. The third kappa shape index (κ3) is 7.03. The van der Waals surface area contributed by atoms with Gasteiger partial charge in [-0.2, -0.15) is 0 Å². The van der Waals surface area contributed by atoms with Gasteiger partial charge in [0.05, 0.1) is 39.3 Å². The lowest BCUT2D eigenvalue weighted by molar-refractivity contribution is -0.384. The maximum Gasteiger partial charge on any atom is 0.455 e. The van der Waals surface area contributed by atoms with Gasteiger partial charge in [0.2, 0.25) is 11.8 Å². The SMILES string of the molecule is O=C1[C@@H]2[C@@H](CC(COc3ccccc3)=C3[C@@H](CC/C(=C/c4ccc(O)cc4Cl)c4ccccn4)OB(O)C[C@@H]32)C(=O)N1c1cccc([N+](=O)[O-])c1. The quantitative estimate of drug-likeness (QED) is 0.0600. The van der Waals surface area contributed by atoms with E-state index in [4.69, 9.17) is 21.0 Å². The Morgan fingerprint density at radius 3 is 2.59 bits per heavy atom. The number of rotatable bonds is 10. The highest BCUT2D eigenvalue weighted by atomic mass is 35.5. The first-order chi connectivity index (χ1) is 24.7. The highest BCUT2D eigenvalue weighted by molar-refractivity contribution is 6.43. The van der Waals surface area contributed by atoms with Crippen molar-refractivity contribution in [3.8, 4) is 11.5 Å². The number of hydrogen-bond acceptors (Lipinski definition) is 9. The van der Waals surface area contributed by atoms with Gasteiger partial charge in [-0.3, -0.25) is 24.7 Å². The number of nitro groups is 1. The summed E-state index contributed by atoms with van der Waals surface area (Å²) in [5.74, 6) is -2.30. The third-order valence-corrected chi connectivity index (χ3v) is 10.1. The Morgan fingerprint density at radius 2 is 1.84 bits per heavy atom. The monoisotopic (exact) mass is 705 g/mol. The Morgan fingerprint density at radius 1 is 1.04 bits per heavy atom. The Kier molecular flexibility index (Phi) is 9.72. The molecule has 0 saturated carbocycles. The average Bonchev–Trinajstić information content (AvgIpc) is 3.39. The van der Waals surface area contributed by atoms with Crippen LogP contribution in [0.4, 0.5) is 11.4 Å². The summed E-state index contributed by atoms with van der Waals surface area (Å²) in [6.45, 7) is 0.138. The lowest BCUT2D eigenvalue weighted by atomic mass is 9.58. The van der Waals surface area contributed by atoms with Crippen LogP contribution in [0.25, 0.3) is 11.6 Å². The number of phenols is 1. The molecule has 1 aliphatic carbocycles. The number of para-hydroxylation sites is 1. The van der Waals surface area contributed by atoms with Crippen LogP contribution < -0.4 is 9.64 Å². The highest BCUT2D eigenvalue weighted by Crippen LogP contribution is 2.51. The summed E-state index contributed by atoms with van der Waals surface area (Å²) in [4.78, 5) is 44.8. The highest BCUT2D eigenvalue weighted by Gasteiger charge is 2.57. The van der Waals surface area contributed by atoms with Crippen molar-refractivity contribution in [1.29, 1.82) is 0 Å². The maximum absolute atomic E-state index is 14.2. The van der Waals surface area contributed by atoms with Gasteiger partial charge < -0.3 is 19.5 Å². The van der Waals surface area contributed by atoms with Gasteiger partial charge in [0.25, 0.3) is 5.69 Å². The molecule has 7 rings (SSSR count). The number of ether oxygens (including phenoxy) is 1. The number of nitro benzene ring substituents is 1. The van der Waals surface area contributed by atoms with Crippen LogP contribution in [0.15, 0.2) is 108 Å². The van der Waals surface area contributed by atoms with Gasteiger partial charge in [-0.05, 0) is 108 Å². The second kappa shape index (κ2) is 14.5. The molecule has 0 spiro atoms. The minimum absolute atomic E-state index is 0.0453. The fraction of sp³-hybridized carbons (Fsp3) is 0.237. The molecule has 0 unspecified atom stereocenters. The van der Waals surface area contributed by atoms with Crippen LogP contribution in [0.1, 0.15) is 30.5 Å². The summed E-state index contributed by atoms with van der Waals surface area (Å²) in [5.41, 5.74) is 3.78. The zero-order chi connectivity index (χ0) is 35.6. The summed E-state index contributed by atoms with van der Waals surface area (Å²) >= 11 is 6.48. The summed E-state index contributed by atoms with van der Waals surface area (Å²) in [5, 5.41) is 32.9. The number of fused-ring (bicyclic) bond motifs is 3. The number of non-ortho nitro benzene ring substituents is 1. The van der Waals surface area contributed by atoms with E-state index in [-0.39, 0.29) is 36.5 Å². The number of benzene rings is 3. The first-order valence-corrected chi connectivity index (χ1v) is 17.0. The number of aromatic hydroxyl groups is 1. The minimum Gasteiger partial charge on any atom is -0.508 e. The number of amides is 2. The van der Waals surface area contributed by atoms with Crippen LogP contribution in [0, 0.1) is 27.9 Å².